The lowest BCUT2D eigenvalue weighted by atomic mass is 10.2. The van der Waals surface area contributed by atoms with Crippen LogP contribution in [0.5, 0.6) is 0 Å². The Labute approximate surface area is 139 Å². The Bertz CT molecular complexity index is 905. The largest absolute Gasteiger partial charge is 0.435 e. The average molecular weight is 351 g/mol. The summed E-state index contributed by atoms with van der Waals surface area (Å²) < 4.78 is 44.0. The molecule has 0 atom stereocenters. The topological polar surface area (TPSA) is 51.3 Å². The van der Waals surface area contributed by atoms with Gasteiger partial charge in [0.15, 0.2) is 11.4 Å². The van der Waals surface area contributed by atoms with E-state index in [-0.39, 0.29) is 17.0 Å². The van der Waals surface area contributed by atoms with Crippen LogP contribution in [-0.4, -0.2) is 22.4 Å². The van der Waals surface area contributed by atoms with E-state index in [2.05, 4.69) is 21.7 Å². The van der Waals surface area contributed by atoms with Crippen LogP contribution in [0, 0.1) is 0 Å². The molecule has 1 aromatic carbocycles. The van der Waals surface area contributed by atoms with Crippen LogP contribution in [-0.2, 0) is 6.18 Å². The minimum atomic E-state index is -4.43. The van der Waals surface area contributed by atoms with Crippen LogP contribution in [0.1, 0.15) is 12.5 Å². The molecule has 2 heterocycles. The number of pyridine rings is 1. The molecule has 0 N–H and O–H groups in total. The first kappa shape index (κ1) is 16.5. The van der Waals surface area contributed by atoms with Gasteiger partial charge in [0.1, 0.15) is 11.2 Å². The molecule has 0 spiro atoms. The molecule has 0 saturated carbocycles. The quantitative estimate of drug-likeness (QED) is 0.469. The zero-order valence-corrected chi connectivity index (χ0v) is 13.4. The molecule has 0 amide bonds. The minimum Gasteiger partial charge on any atom is -0.435 e. The molecule has 24 heavy (non-hydrogen) atoms. The van der Waals surface area contributed by atoms with Gasteiger partial charge in [-0.15, -0.1) is 11.8 Å². The van der Waals surface area contributed by atoms with Crippen LogP contribution in [0.25, 0.3) is 22.7 Å². The first-order chi connectivity index (χ1) is 11.4. The molecule has 0 aliphatic heterocycles. The van der Waals surface area contributed by atoms with Crippen molar-refractivity contribution in [1.82, 2.24) is 9.97 Å². The van der Waals surface area contributed by atoms with E-state index in [4.69, 9.17) is 4.42 Å². The van der Waals surface area contributed by atoms with Gasteiger partial charge in [0.2, 0.25) is 5.89 Å². The van der Waals surface area contributed by atoms with Crippen LogP contribution < -0.4 is 0 Å². The molecule has 124 valence electrons. The third-order valence-electron chi connectivity index (χ3n) is 3.22. The molecule has 4 nitrogen and oxygen atoms in total. The van der Waals surface area contributed by atoms with Crippen LogP contribution >= 0.6 is 11.8 Å². The first-order valence-corrected chi connectivity index (χ1v) is 7.99. The smallest absolute Gasteiger partial charge is 0.416 e. The number of fused-ring (bicyclic) bond motifs is 1. The molecule has 0 aliphatic rings. The fourth-order valence-corrected chi connectivity index (χ4v) is 2.90. The van der Waals surface area contributed by atoms with E-state index in [1.807, 2.05) is 13.0 Å². The number of alkyl halides is 3. The molecule has 0 aliphatic carbocycles. The van der Waals surface area contributed by atoms with Gasteiger partial charge in [0.25, 0.3) is 0 Å². The van der Waals surface area contributed by atoms with Crippen molar-refractivity contribution in [3.8, 4) is 11.6 Å². The maximum absolute atomic E-state index is 12.8. The third kappa shape index (κ3) is 3.14. The Kier molecular flexibility index (Phi) is 4.31. The number of hydrogen-bond donors (Lipinski definition) is 0. The highest BCUT2D eigenvalue weighted by Crippen LogP contribution is 2.35. The van der Waals surface area contributed by atoms with E-state index in [0.717, 1.165) is 22.8 Å². The second-order valence-electron chi connectivity index (χ2n) is 4.81. The number of aliphatic imine (C=N–C) groups is 1. The molecule has 3 rings (SSSR count). The van der Waals surface area contributed by atoms with Crippen molar-refractivity contribution >= 4 is 35.4 Å². The number of oxazole rings is 1. The Morgan fingerprint density at radius 3 is 2.67 bits per heavy atom. The molecule has 3 aromatic rings. The molecular formula is C16H12F3N3OS. The molecule has 0 radical (unpaired) electrons. The molecule has 0 unspecified atom stereocenters. The number of nitrogens with zero attached hydrogens (tertiary/aromatic N) is 3. The lowest BCUT2D eigenvalue weighted by Gasteiger charge is -2.04. The Morgan fingerprint density at radius 1 is 1.21 bits per heavy atom. The van der Waals surface area contributed by atoms with E-state index in [1.54, 1.807) is 6.07 Å². The first-order valence-electron chi connectivity index (χ1n) is 7.01. The summed E-state index contributed by atoms with van der Waals surface area (Å²) in [6, 6.07) is 6.71. The van der Waals surface area contributed by atoms with Gasteiger partial charge in [0.05, 0.1) is 5.56 Å². The van der Waals surface area contributed by atoms with Gasteiger partial charge in [-0.25, -0.2) is 15.0 Å². The SMILES string of the molecule is C=Nc1ccc(SCC)c(-c2nc3cc(C(F)(F)F)ccc3o2)n1. The van der Waals surface area contributed by atoms with Crippen molar-refractivity contribution < 1.29 is 17.6 Å². The standard InChI is InChI=1S/C16H12F3N3OS/c1-3-24-12-6-7-13(20-2)22-14(12)15-21-10-8-9(16(17,18)19)4-5-11(10)23-15/h4-8H,2-3H2,1H3. The van der Waals surface area contributed by atoms with Crippen molar-refractivity contribution in [2.45, 2.75) is 18.0 Å². The number of hydrogen-bond acceptors (Lipinski definition) is 5. The fraction of sp³-hybridized carbons (Fsp3) is 0.188. The summed E-state index contributed by atoms with van der Waals surface area (Å²) in [5, 5.41) is 0. The van der Waals surface area contributed by atoms with Crippen molar-refractivity contribution in [3.05, 3.63) is 35.9 Å². The zero-order valence-electron chi connectivity index (χ0n) is 12.6. The second-order valence-corrected chi connectivity index (χ2v) is 6.11. The van der Waals surface area contributed by atoms with Crippen molar-refractivity contribution in [2.24, 2.45) is 4.99 Å². The van der Waals surface area contributed by atoms with Gasteiger partial charge in [0, 0.05) is 4.90 Å². The Balaban J connectivity index is 2.14. The number of aromatic nitrogens is 2. The molecular weight excluding hydrogens is 339 g/mol. The maximum Gasteiger partial charge on any atom is 0.416 e. The van der Waals surface area contributed by atoms with Crippen LogP contribution in [0.2, 0.25) is 0 Å². The van der Waals surface area contributed by atoms with Gasteiger partial charge in [-0.05, 0) is 42.8 Å². The molecule has 8 heteroatoms. The summed E-state index contributed by atoms with van der Waals surface area (Å²) in [5.74, 6) is 1.35. The minimum absolute atomic E-state index is 0.131. The predicted molar refractivity (Wildman–Crippen MR) is 87.8 cm³/mol. The van der Waals surface area contributed by atoms with E-state index in [1.165, 1.54) is 17.8 Å². The summed E-state index contributed by atoms with van der Waals surface area (Å²) in [6.07, 6.45) is -4.43. The van der Waals surface area contributed by atoms with E-state index in [0.29, 0.717) is 11.5 Å². The van der Waals surface area contributed by atoms with Gasteiger partial charge in [-0.1, -0.05) is 6.92 Å². The summed E-state index contributed by atoms with van der Waals surface area (Å²) in [6.45, 7) is 5.41. The monoisotopic (exact) mass is 351 g/mol. The predicted octanol–water partition coefficient (Wildman–Crippen LogP) is 5.35. The van der Waals surface area contributed by atoms with Crippen molar-refractivity contribution in [2.75, 3.05) is 5.75 Å². The highest BCUT2D eigenvalue weighted by molar-refractivity contribution is 7.99. The molecule has 0 saturated heterocycles. The lowest BCUT2D eigenvalue weighted by molar-refractivity contribution is -0.137. The third-order valence-corrected chi connectivity index (χ3v) is 4.15. The van der Waals surface area contributed by atoms with Crippen molar-refractivity contribution in [1.29, 1.82) is 0 Å². The number of thioether (sulfide) groups is 1. The van der Waals surface area contributed by atoms with Crippen LogP contribution in [0.15, 0.2) is 44.6 Å². The van der Waals surface area contributed by atoms with Crippen molar-refractivity contribution in [3.63, 3.8) is 0 Å². The number of halogens is 3. The Morgan fingerprint density at radius 2 is 2.00 bits per heavy atom. The zero-order chi connectivity index (χ0) is 17.3. The summed E-state index contributed by atoms with van der Waals surface area (Å²) in [5.41, 5.74) is 0.0687. The van der Waals surface area contributed by atoms with Gasteiger partial charge >= 0.3 is 6.18 Å². The molecule has 2 aromatic heterocycles. The van der Waals surface area contributed by atoms with Gasteiger partial charge in [-0.3, -0.25) is 0 Å². The molecule has 0 bridgehead atoms. The van der Waals surface area contributed by atoms with E-state index < -0.39 is 11.7 Å². The second kappa shape index (κ2) is 6.27. The fourth-order valence-electron chi connectivity index (χ4n) is 2.15. The normalized spacial score (nSPS) is 11.8. The van der Waals surface area contributed by atoms with E-state index in [9.17, 15) is 13.2 Å². The van der Waals surface area contributed by atoms with Crippen LogP contribution in [0.3, 0.4) is 0 Å². The maximum atomic E-state index is 12.8. The van der Waals surface area contributed by atoms with Gasteiger partial charge < -0.3 is 4.42 Å². The lowest BCUT2D eigenvalue weighted by Crippen LogP contribution is -2.03. The highest BCUT2D eigenvalue weighted by Gasteiger charge is 2.31. The van der Waals surface area contributed by atoms with Crippen LogP contribution in [0.4, 0.5) is 19.0 Å². The van der Waals surface area contributed by atoms with Gasteiger partial charge in [-0.2, -0.15) is 13.2 Å². The average Bonchev–Trinajstić information content (AvgIpc) is 2.97. The summed E-state index contributed by atoms with van der Waals surface area (Å²) in [4.78, 5) is 13.1. The number of rotatable bonds is 4. The highest BCUT2D eigenvalue weighted by atomic mass is 32.2. The summed E-state index contributed by atoms with van der Waals surface area (Å²) in [7, 11) is 0. The molecule has 0 fully saturated rings. The summed E-state index contributed by atoms with van der Waals surface area (Å²) >= 11 is 1.53. The Hall–Kier alpha value is -2.35. The van der Waals surface area contributed by atoms with E-state index >= 15 is 0 Å². The number of benzene rings is 1.